The topological polar surface area (TPSA) is 26.3 Å². The van der Waals surface area contributed by atoms with Crippen molar-refractivity contribution in [3.63, 3.8) is 0 Å². The molecule has 0 N–H and O–H groups in total. The smallest absolute Gasteiger partial charge is 0.330 e. The molecular weight excluding hydrogens is 200 g/mol. The number of carbonyl (C=O) groups is 1. The molecule has 2 nitrogen and oxygen atoms in total. The van der Waals surface area contributed by atoms with E-state index in [1.807, 2.05) is 36.4 Å². The first kappa shape index (κ1) is 12.5. The van der Waals surface area contributed by atoms with E-state index in [1.54, 1.807) is 0 Å². The fourth-order valence-corrected chi connectivity index (χ4v) is 1.31. The lowest BCUT2D eigenvalue weighted by atomic mass is 10.2. The predicted octanol–water partition coefficient (Wildman–Crippen LogP) is 3.13. The molecule has 86 valence electrons. The maximum atomic E-state index is 11.2. The van der Waals surface area contributed by atoms with Gasteiger partial charge >= 0.3 is 5.97 Å². The number of hydrogen-bond acceptors (Lipinski definition) is 2. The van der Waals surface area contributed by atoms with Crippen molar-refractivity contribution in [2.45, 2.75) is 26.2 Å². The minimum absolute atomic E-state index is 0.246. The molecule has 16 heavy (non-hydrogen) atoms. The normalized spacial score (nSPS) is 10.6. The molecular formula is C14H18O2. The monoisotopic (exact) mass is 218 g/mol. The van der Waals surface area contributed by atoms with Crippen molar-refractivity contribution < 1.29 is 9.53 Å². The van der Waals surface area contributed by atoms with Crippen LogP contribution < -0.4 is 0 Å². The first-order valence-corrected chi connectivity index (χ1v) is 5.70. The maximum absolute atomic E-state index is 11.2. The molecule has 0 bridgehead atoms. The average molecular weight is 218 g/mol. The SMILES string of the molecule is CCC/C=C/C(=O)OCCc1ccccc1. The molecule has 1 aromatic carbocycles. The van der Waals surface area contributed by atoms with Crippen molar-refractivity contribution in [1.29, 1.82) is 0 Å². The molecule has 0 fully saturated rings. The lowest BCUT2D eigenvalue weighted by Crippen LogP contribution is -2.04. The van der Waals surface area contributed by atoms with E-state index in [1.165, 1.54) is 11.6 Å². The van der Waals surface area contributed by atoms with Crippen molar-refractivity contribution in [3.05, 3.63) is 48.0 Å². The Morgan fingerprint density at radius 3 is 2.75 bits per heavy atom. The van der Waals surface area contributed by atoms with Gasteiger partial charge in [0.25, 0.3) is 0 Å². The number of ether oxygens (including phenoxy) is 1. The van der Waals surface area contributed by atoms with Gasteiger partial charge in [-0.15, -0.1) is 0 Å². The summed E-state index contributed by atoms with van der Waals surface area (Å²) in [5, 5.41) is 0. The standard InChI is InChI=1S/C14H18O2/c1-2-3-5-10-14(15)16-12-11-13-8-6-4-7-9-13/h4-10H,2-3,11-12H2,1H3/b10-5+. The lowest BCUT2D eigenvalue weighted by molar-refractivity contribution is -0.137. The summed E-state index contributed by atoms with van der Waals surface area (Å²) in [5.74, 6) is -0.246. The summed E-state index contributed by atoms with van der Waals surface area (Å²) in [4.78, 5) is 11.2. The van der Waals surface area contributed by atoms with Crippen LogP contribution in [0.5, 0.6) is 0 Å². The van der Waals surface area contributed by atoms with Crippen molar-refractivity contribution in [2.24, 2.45) is 0 Å². The van der Waals surface area contributed by atoms with E-state index < -0.39 is 0 Å². The largest absolute Gasteiger partial charge is 0.462 e. The van der Waals surface area contributed by atoms with Crippen LogP contribution in [0.15, 0.2) is 42.5 Å². The summed E-state index contributed by atoms with van der Waals surface area (Å²) in [7, 11) is 0. The van der Waals surface area contributed by atoms with Crippen LogP contribution in [0.2, 0.25) is 0 Å². The van der Waals surface area contributed by atoms with E-state index in [9.17, 15) is 4.79 Å². The van der Waals surface area contributed by atoms with Crippen LogP contribution in [0, 0.1) is 0 Å². The van der Waals surface area contributed by atoms with Gasteiger partial charge in [0, 0.05) is 12.5 Å². The molecule has 0 amide bonds. The second-order valence-electron chi connectivity index (χ2n) is 3.59. The number of esters is 1. The van der Waals surface area contributed by atoms with Gasteiger partial charge in [-0.25, -0.2) is 4.79 Å². The second kappa shape index (κ2) is 7.69. The molecule has 0 unspecified atom stereocenters. The zero-order valence-corrected chi connectivity index (χ0v) is 9.69. The van der Waals surface area contributed by atoms with Crippen LogP contribution in [0.4, 0.5) is 0 Å². The Hall–Kier alpha value is -1.57. The van der Waals surface area contributed by atoms with Crippen LogP contribution in [-0.4, -0.2) is 12.6 Å². The number of carbonyl (C=O) groups excluding carboxylic acids is 1. The van der Waals surface area contributed by atoms with Gasteiger partial charge in [-0.1, -0.05) is 49.8 Å². The van der Waals surface area contributed by atoms with Crippen LogP contribution in [-0.2, 0) is 16.0 Å². The van der Waals surface area contributed by atoms with Crippen molar-refractivity contribution >= 4 is 5.97 Å². The summed E-state index contributed by atoms with van der Waals surface area (Å²) in [6.07, 6.45) is 6.11. The van der Waals surface area contributed by atoms with E-state index in [-0.39, 0.29) is 5.97 Å². The molecule has 0 spiro atoms. The first-order valence-electron chi connectivity index (χ1n) is 5.70. The van der Waals surface area contributed by atoms with E-state index in [2.05, 4.69) is 6.92 Å². The van der Waals surface area contributed by atoms with Crippen molar-refractivity contribution in [1.82, 2.24) is 0 Å². The van der Waals surface area contributed by atoms with Gasteiger partial charge in [0.1, 0.15) is 0 Å². The van der Waals surface area contributed by atoms with Crippen LogP contribution in [0.1, 0.15) is 25.3 Å². The summed E-state index contributed by atoms with van der Waals surface area (Å²) in [6.45, 7) is 2.52. The van der Waals surface area contributed by atoms with Crippen molar-refractivity contribution in [3.8, 4) is 0 Å². The maximum Gasteiger partial charge on any atom is 0.330 e. The average Bonchev–Trinajstić information content (AvgIpc) is 2.31. The van der Waals surface area contributed by atoms with Crippen LogP contribution in [0.25, 0.3) is 0 Å². The van der Waals surface area contributed by atoms with Gasteiger partial charge in [0.15, 0.2) is 0 Å². The van der Waals surface area contributed by atoms with Gasteiger partial charge in [-0.05, 0) is 12.0 Å². The van der Waals surface area contributed by atoms with Crippen LogP contribution >= 0.6 is 0 Å². The zero-order valence-electron chi connectivity index (χ0n) is 9.69. The zero-order chi connectivity index (χ0) is 11.6. The Bertz CT molecular complexity index is 328. The summed E-state index contributed by atoms with van der Waals surface area (Å²) in [5.41, 5.74) is 1.19. The molecule has 0 aliphatic heterocycles. The highest BCUT2D eigenvalue weighted by Gasteiger charge is 1.96. The highest BCUT2D eigenvalue weighted by molar-refractivity contribution is 5.81. The van der Waals surface area contributed by atoms with Gasteiger partial charge in [-0.3, -0.25) is 0 Å². The molecule has 2 heteroatoms. The first-order chi connectivity index (χ1) is 7.83. The fraction of sp³-hybridized carbons (Fsp3) is 0.357. The number of allylic oxidation sites excluding steroid dienone is 1. The Morgan fingerprint density at radius 2 is 2.06 bits per heavy atom. The molecule has 0 saturated heterocycles. The van der Waals surface area contributed by atoms with Crippen molar-refractivity contribution in [2.75, 3.05) is 6.61 Å². The number of benzene rings is 1. The third-order valence-electron chi connectivity index (χ3n) is 2.19. The van der Waals surface area contributed by atoms with E-state index in [0.717, 1.165) is 19.3 Å². The minimum Gasteiger partial charge on any atom is -0.462 e. The molecule has 0 aliphatic rings. The summed E-state index contributed by atoms with van der Waals surface area (Å²) < 4.78 is 5.07. The molecule has 0 aliphatic carbocycles. The minimum atomic E-state index is -0.246. The van der Waals surface area contributed by atoms with E-state index in [4.69, 9.17) is 4.74 Å². The molecule has 1 rings (SSSR count). The molecule has 0 atom stereocenters. The Labute approximate surface area is 96.9 Å². The number of rotatable bonds is 6. The third kappa shape index (κ3) is 5.35. The molecule has 0 saturated carbocycles. The number of unbranched alkanes of at least 4 members (excludes halogenated alkanes) is 1. The molecule has 1 aromatic rings. The molecule has 0 heterocycles. The lowest BCUT2D eigenvalue weighted by Gasteiger charge is -2.01. The fourth-order valence-electron chi connectivity index (χ4n) is 1.31. The highest BCUT2D eigenvalue weighted by atomic mass is 16.5. The Morgan fingerprint density at radius 1 is 1.31 bits per heavy atom. The Balaban J connectivity index is 2.18. The van der Waals surface area contributed by atoms with E-state index in [0.29, 0.717) is 6.61 Å². The predicted molar refractivity (Wildman–Crippen MR) is 65.2 cm³/mol. The highest BCUT2D eigenvalue weighted by Crippen LogP contribution is 2.00. The second-order valence-corrected chi connectivity index (χ2v) is 3.59. The summed E-state index contributed by atoms with van der Waals surface area (Å²) >= 11 is 0. The van der Waals surface area contributed by atoms with E-state index >= 15 is 0 Å². The van der Waals surface area contributed by atoms with Gasteiger partial charge < -0.3 is 4.74 Å². The van der Waals surface area contributed by atoms with Gasteiger partial charge in [0.05, 0.1) is 6.61 Å². The van der Waals surface area contributed by atoms with Gasteiger partial charge in [0.2, 0.25) is 0 Å². The third-order valence-corrected chi connectivity index (χ3v) is 2.19. The Kier molecular flexibility index (Phi) is 6.00. The summed E-state index contributed by atoms with van der Waals surface area (Å²) in [6, 6.07) is 10.0. The van der Waals surface area contributed by atoms with Gasteiger partial charge in [-0.2, -0.15) is 0 Å². The molecule has 0 aromatic heterocycles. The number of hydrogen-bond donors (Lipinski definition) is 0. The van der Waals surface area contributed by atoms with Crippen LogP contribution in [0.3, 0.4) is 0 Å². The quantitative estimate of drug-likeness (QED) is 0.541. The molecule has 0 radical (unpaired) electrons.